The van der Waals surface area contributed by atoms with Gasteiger partial charge in [-0.2, -0.15) is 8.78 Å². The molecule has 1 N–H and O–H groups in total. The number of aliphatic imine (C=N–C) groups is 3. The number of carbonyl (C=O) groups excluding carboxylic acids is 1. The number of nitrogens with zero attached hydrogens (tertiary/aromatic N) is 4. The lowest BCUT2D eigenvalue weighted by Crippen LogP contribution is -2.41. The standard InChI is InChI=1S/C32H34F2N4O2S/c33-32(34,23-9-4-3-5-10-23)29(39)16-14-25-18-22-41-31(40)38(25)21-7-2-1-6-11-24-13-15-28(37-24)30-26(17-20-36-30)27-12-8-19-35-27/h3-5,8-10,12-17,19-20,25,28-29,39H,1-2,6-7,11,18,21-22H2/t25-,28?,29+/m0/s1. The Hall–Kier alpha value is -3.43. The van der Waals surface area contributed by atoms with Crippen molar-refractivity contribution < 1.29 is 18.7 Å². The molecule has 6 nitrogen and oxygen atoms in total. The summed E-state index contributed by atoms with van der Waals surface area (Å²) in [6, 6.07) is 6.94. The first kappa shape index (κ1) is 29.1. The largest absolute Gasteiger partial charge is 0.382 e. The van der Waals surface area contributed by atoms with Crippen LogP contribution < -0.4 is 0 Å². The van der Waals surface area contributed by atoms with E-state index < -0.39 is 12.0 Å². The Morgan fingerprint density at radius 2 is 1.95 bits per heavy atom. The average molecular weight is 577 g/mol. The summed E-state index contributed by atoms with van der Waals surface area (Å²) in [6.45, 7) is 0.566. The number of carbonyl (C=O) groups is 1. The number of amides is 1. The van der Waals surface area contributed by atoms with E-state index in [4.69, 9.17) is 4.99 Å². The molecule has 1 fully saturated rings. The molecule has 1 aromatic rings. The normalized spacial score (nSPS) is 24.7. The van der Waals surface area contributed by atoms with Crippen molar-refractivity contribution >= 4 is 34.6 Å². The van der Waals surface area contributed by atoms with E-state index in [1.54, 1.807) is 29.5 Å². The van der Waals surface area contributed by atoms with Crippen LogP contribution in [0.2, 0.25) is 0 Å². The Morgan fingerprint density at radius 1 is 1.12 bits per heavy atom. The third kappa shape index (κ3) is 7.08. The van der Waals surface area contributed by atoms with Crippen molar-refractivity contribution in [3.8, 4) is 0 Å². The Kier molecular flexibility index (Phi) is 9.57. The Bertz CT molecular complexity index is 1350. The van der Waals surface area contributed by atoms with Crippen molar-refractivity contribution in [2.24, 2.45) is 15.0 Å². The molecule has 1 amide bonds. The van der Waals surface area contributed by atoms with E-state index >= 15 is 0 Å². The summed E-state index contributed by atoms with van der Waals surface area (Å²) in [5.41, 5.74) is 3.70. The van der Waals surface area contributed by atoms with Crippen LogP contribution >= 0.6 is 11.8 Å². The van der Waals surface area contributed by atoms with Crippen LogP contribution in [0.15, 0.2) is 105 Å². The van der Waals surface area contributed by atoms with Gasteiger partial charge in [-0.25, -0.2) is 0 Å². The molecule has 4 heterocycles. The van der Waals surface area contributed by atoms with E-state index in [0.717, 1.165) is 60.9 Å². The molecule has 214 valence electrons. The zero-order chi connectivity index (χ0) is 28.7. The fraction of sp³-hybridized carbons (Fsp3) is 0.375. The average Bonchev–Trinajstić information content (AvgIpc) is 3.76. The van der Waals surface area contributed by atoms with E-state index in [2.05, 4.69) is 22.1 Å². The number of allylic oxidation sites excluding steroid dienone is 4. The van der Waals surface area contributed by atoms with Crippen LogP contribution in [0.1, 0.15) is 44.1 Å². The third-order valence-electron chi connectivity index (χ3n) is 7.52. The first-order valence-corrected chi connectivity index (χ1v) is 15.1. The molecule has 1 unspecified atom stereocenters. The Morgan fingerprint density at radius 3 is 2.76 bits per heavy atom. The second-order valence-corrected chi connectivity index (χ2v) is 11.4. The number of halogens is 2. The van der Waals surface area contributed by atoms with Gasteiger partial charge in [-0.05, 0) is 50.0 Å². The van der Waals surface area contributed by atoms with Gasteiger partial charge in [0.15, 0.2) is 0 Å². The van der Waals surface area contributed by atoms with Gasteiger partial charge < -0.3 is 10.0 Å². The molecular weight excluding hydrogens is 542 g/mol. The van der Waals surface area contributed by atoms with Crippen LogP contribution in [0.4, 0.5) is 13.6 Å². The molecule has 1 aromatic carbocycles. The predicted molar refractivity (Wildman–Crippen MR) is 163 cm³/mol. The predicted octanol–water partition coefficient (Wildman–Crippen LogP) is 6.82. The number of unbranched alkanes of at least 4 members (excludes halogenated alkanes) is 3. The number of aliphatic hydroxyl groups is 1. The molecule has 0 radical (unpaired) electrons. The van der Waals surface area contributed by atoms with Gasteiger partial charge in [0.05, 0.1) is 17.5 Å². The Balaban J connectivity index is 1.06. The lowest BCUT2D eigenvalue weighted by Gasteiger charge is -2.33. The lowest BCUT2D eigenvalue weighted by molar-refractivity contribution is -0.0929. The van der Waals surface area contributed by atoms with E-state index in [-0.39, 0.29) is 22.9 Å². The fourth-order valence-electron chi connectivity index (χ4n) is 5.25. The highest BCUT2D eigenvalue weighted by Gasteiger charge is 2.39. The molecule has 0 spiro atoms. The van der Waals surface area contributed by atoms with E-state index in [1.165, 1.54) is 36.0 Å². The minimum atomic E-state index is -3.41. The molecule has 5 rings (SSSR count). The first-order chi connectivity index (χ1) is 19.9. The molecule has 4 aliphatic rings. The van der Waals surface area contributed by atoms with Crippen molar-refractivity contribution in [2.75, 3.05) is 12.3 Å². The smallest absolute Gasteiger partial charge is 0.302 e. The zero-order valence-corrected chi connectivity index (χ0v) is 23.6. The second kappa shape index (κ2) is 13.5. The number of thioether (sulfide) groups is 1. The second-order valence-electron chi connectivity index (χ2n) is 10.3. The highest BCUT2D eigenvalue weighted by Crippen LogP contribution is 2.33. The van der Waals surface area contributed by atoms with Gasteiger partial charge in [0.25, 0.3) is 5.24 Å². The van der Waals surface area contributed by atoms with Crippen molar-refractivity contribution in [1.29, 1.82) is 0 Å². The summed E-state index contributed by atoms with van der Waals surface area (Å²) in [5.74, 6) is -2.77. The van der Waals surface area contributed by atoms with Gasteiger partial charge in [0.2, 0.25) is 0 Å². The molecule has 0 saturated carbocycles. The van der Waals surface area contributed by atoms with Crippen molar-refractivity contribution in [2.45, 2.75) is 62.6 Å². The quantitative estimate of drug-likeness (QED) is 0.219. The van der Waals surface area contributed by atoms with Crippen LogP contribution in [-0.4, -0.2) is 63.4 Å². The molecule has 9 heteroatoms. The Labute approximate surface area is 243 Å². The maximum Gasteiger partial charge on any atom is 0.302 e. The van der Waals surface area contributed by atoms with Crippen LogP contribution in [0.3, 0.4) is 0 Å². The van der Waals surface area contributed by atoms with Crippen molar-refractivity contribution in [1.82, 2.24) is 4.90 Å². The molecule has 0 aromatic heterocycles. The number of alkyl halides is 2. The maximum absolute atomic E-state index is 14.7. The summed E-state index contributed by atoms with van der Waals surface area (Å²) in [6.07, 6.45) is 19.7. The third-order valence-corrected chi connectivity index (χ3v) is 8.44. The molecule has 0 aliphatic carbocycles. The van der Waals surface area contributed by atoms with E-state index in [9.17, 15) is 18.7 Å². The van der Waals surface area contributed by atoms with Crippen LogP contribution in [0.5, 0.6) is 0 Å². The van der Waals surface area contributed by atoms with Crippen LogP contribution in [-0.2, 0) is 5.92 Å². The van der Waals surface area contributed by atoms with Crippen LogP contribution in [0.25, 0.3) is 0 Å². The van der Waals surface area contributed by atoms with Crippen molar-refractivity contribution in [3.63, 3.8) is 0 Å². The summed E-state index contributed by atoms with van der Waals surface area (Å²) in [7, 11) is 0. The summed E-state index contributed by atoms with van der Waals surface area (Å²) < 4.78 is 29.4. The topological polar surface area (TPSA) is 77.6 Å². The number of aliphatic hydroxyl groups excluding tert-OH is 1. The lowest BCUT2D eigenvalue weighted by atomic mass is 10.0. The SMILES string of the molecule is O=C1SCC[C@H](C=C[C@@H](O)C(F)(F)c2ccccc2)N1CCCCCCC1=NC(C2=NC=CC2=C2C=CC=N2)C=C1. The number of rotatable bonds is 12. The molecule has 4 aliphatic heterocycles. The van der Waals surface area contributed by atoms with E-state index in [1.807, 2.05) is 18.2 Å². The number of hydrogen-bond donors (Lipinski definition) is 1. The molecule has 41 heavy (non-hydrogen) atoms. The number of hydrogen-bond acceptors (Lipinski definition) is 6. The minimum Gasteiger partial charge on any atom is -0.382 e. The molecule has 1 saturated heterocycles. The van der Waals surface area contributed by atoms with Gasteiger partial charge in [-0.15, -0.1) is 0 Å². The monoisotopic (exact) mass is 576 g/mol. The molecule has 0 bridgehead atoms. The van der Waals surface area contributed by atoms with E-state index in [0.29, 0.717) is 18.7 Å². The highest BCUT2D eigenvalue weighted by molar-refractivity contribution is 8.13. The zero-order valence-electron chi connectivity index (χ0n) is 22.8. The van der Waals surface area contributed by atoms with Crippen molar-refractivity contribution in [3.05, 3.63) is 95.9 Å². The van der Waals surface area contributed by atoms with Gasteiger partial charge in [0, 0.05) is 41.6 Å². The van der Waals surface area contributed by atoms with Crippen LogP contribution in [0, 0.1) is 0 Å². The minimum absolute atomic E-state index is 0.0378. The first-order valence-electron chi connectivity index (χ1n) is 14.1. The highest BCUT2D eigenvalue weighted by atomic mass is 32.2. The summed E-state index contributed by atoms with van der Waals surface area (Å²) in [5, 5.41) is 10.2. The van der Waals surface area contributed by atoms with Gasteiger partial charge in [0.1, 0.15) is 12.1 Å². The molecular formula is C32H34F2N4O2S. The summed E-state index contributed by atoms with van der Waals surface area (Å²) in [4.78, 5) is 28.1. The van der Waals surface area contributed by atoms with Gasteiger partial charge in [-0.3, -0.25) is 19.8 Å². The fourth-order valence-corrected chi connectivity index (χ4v) is 6.18. The van der Waals surface area contributed by atoms with Gasteiger partial charge in [-0.1, -0.05) is 73.2 Å². The maximum atomic E-state index is 14.7. The summed E-state index contributed by atoms with van der Waals surface area (Å²) >= 11 is 1.26. The van der Waals surface area contributed by atoms with Gasteiger partial charge >= 0.3 is 5.92 Å². The number of benzene rings is 1. The molecule has 3 atom stereocenters.